The number of carboxylic acids is 1. The Bertz CT molecular complexity index is 958. The average Bonchev–Trinajstić information content (AvgIpc) is 2.99. The second-order valence-corrected chi connectivity index (χ2v) is 7.04. The van der Waals surface area contributed by atoms with Gasteiger partial charge in [0.2, 0.25) is 0 Å². The molecule has 1 aromatic carbocycles. The summed E-state index contributed by atoms with van der Waals surface area (Å²) in [6, 6.07) is 10.6. The van der Waals surface area contributed by atoms with Crippen LogP contribution >= 0.6 is 11.3 Å². The quantitative estimate of drug-likeness (QED) is 0.780. The van der Waals surface area contributed by atoms with Crippen LogP contribution in [0.25, 0.3) is 20.7 Å². The zero-order valence-corrected chi connectivity index (χ0v) is 14.5. The number of carboxylic acid groups (broad SMARTS) is 1. The van der Waals surface area contributed by atoms with Crippen LogP contribution in [-0.4, -0.2) is 20.6 Å². The van der Waals surface area contributed by atoms with Crippen LogP contribution in [0, 0.1) is 0 Å². The van der Waals surface area contributed by atoms with Crippen LogP contribution in [0.3, 0.4) is 0 Å². The molecule has 0 amide bonds. The van der Waals surface area contributed by atoms with Gasteiger partial charge in [-0.25, -0.2) is 9.78 Å². The summed E-state index contributed by atoms with van der Waals surface area (Å²) in [7, 11) is 0. The van der Waals surface area contributed by atoms with Crippen LogP contribution in [0.1, 0.15) is 38.6 Å². The molecule has 3 rings (SSSR count). The summed E-state index contributed by atoms with van der Waals surface area (Å²) in [6.45, 7) is 5.32. The van der Waals surface area contributed by atoms with Crippen LogP contribution in [-0.2, 0) is 4.79 Å². The maximum absolute atomic E-state index is 12.9. The van der Waals surface area contributed by atoms with Crippen molar-refractivity contribution in [2.24, 2.45) is 0 Å². The highest BCUT2D eigenvalue weighted by molar-refractivity contribution is 7.21. The zero-order valence-electron chi connectivity index (χ0n) is 13.7. The van der Waals surface area contributed by atoms with Crippen LogP contribution < -0.4 is 5.56 Å². The van der Waals surface area contributed by atoms with Crippen molar-refractivity contribution in [3.63, 3.8) is 0 Å². The van der Waals surface area contributed by atoms with Gasteiger partial charge >= 0.3 is 5.97 Å². The van der Waals surface area contributed by atoms with Crippen LogP contribution in [0.4, 0.5) is 0 Å². The number of fused-ring (bicyclic) bond motifs is 1. The molecule has 0 radical (unpaired) electrons. The molecule has 6 heteroatoms. The standard InChI is InChI=1S/C18H18N2O3S/c1-10(2)15-19-16-13(17(21)20(15)11(3)18(22)23)9-14(24-16)12-7-5-4-6-8-12/h4-11H,1-3H3,(H,22,23). The first-order valence-corrected chi connectivity index (χ1v) is 8.56. The lowest BCUT2D eigenvalue weighted by Gasteiger charge is -2.17. The van der Waals surface area contributed by atoms with Gasteiger partial charge in [0.25, 0.3) is 5.56 Å². The molecule has 124 valence electrons. The molecule has 24 heavy (non-hydrogen) atoms. The van der Waals surface area contributed by atoms with Gasteiger partial charge in [-0.1, -0.05) is 44.2 Å². The number of aromatic nitrogens is 2. The number of carbonyl (C=O) groups is 1. The van der Waals surface area contributed by atoms with E-state index in [2.05, 4.69) is 4.98 Å². The Morgan fingerprint density at radius 1 is 1.21 bits per heavy atom. The third-order valence-corrected chi connectivity index (χ3v) is 5.02. The Kier molecular flexibility index (Phi) is 4.24. The van der Waals surface area contributed by atoms with E-state index in [1.54, 1.807) is 6.07 Å². The third-order valence-electron chi connectivity index (χ3n) is 3.94. The Labute approximate surface area is 143 Å². The van der Waals surface area contributed by atoms with Crippen molar-refractivity contribution < 1.29 is 9.90 Å². The van der Waals surface area contributed by atoms with Crippen LogP contribution in [0.2, 0.25) is 0 Å². The maximum atomic E-state index is 12.9. The molecule has 1 unspecified atom stereocenters. The molecule has 2 aromatic heterocycles. The maximum Gasteiger partial charge on any atom is 0.326 e. The van der Waals surface area contributed by atoms with Gasteiger partial charge in [-0.05, 0) is 18.6 Å². The van der Waals surface area contributed by atoms with Gasteiger partial charge in [-0.2, -0.15) is 0 Å². The Morgan fingerprint density at radius 3 is 2.46 bits per heavy atom. The van der Waals surface area contributed by atoms with Gasteiger partial charge in [0.15, 0.2) is 0 Å². The van der Waals surface area contributed by atoms with E-state index >= 15 is 0 Å². The SMILES string of the molecule is CC(C)c1nc2sc(-c3ccccc3)cc2c(=O)n1C(C)C(=O)O. The van der Waals surface area contributed by atoms with Crippen LogP contribution in [0.15, 0.2) is 41.2 Å². The smallest absolute Gasteiger partial charge is 0.326 e. The highest BCUT2D eigenvalue weighted by Crippen LogP contribution is 2.32. The van der Waals surface area contributed by atoms with Crippen molar-refractivity contribution in [1.82, 2.24) is 9.55 Å². The molecule has 0 saturated heterocycles. The molecule has 0 aliphatic carbocycles. The lowest BCUT2D eigenvalue weighted by Crippen LogP contribution is -2.32. The summed E-state index contributed by atoms with van der Waals surface area (Å²) in [5, 5.41) is 9.81. The second kappa shape index (κ2) is 6.20. The van der Waals surface area contributed by atoms with Gasteiger partial charge in [-0.15, -0.1) is 11.3 Å². The minimum absolute atomic E-state index is 0.0498. The molecule has 5 nitrogen and oxygen atoms in total. The van der Waals surface area contributed by atoms with Gasteiger partial charge in [0.05, 0.1) is 5.39 Å². The lowest BCUT2D eigenvalue weighted by molar-refractivity contribution is -0.140. The van der Waals surface area contributed by atoms with Gasteiger partial charge in [0.1, 0.15) is 16.7 Å². The number of benzene rings is 1. The molecule has 1 N–H and O–H groups in total. The van der Waals surface area contributed by atoms with Crippen LogP contribution in [0.5, 0.6) is 0 Å². The molecule has 0 fully saturated rings. The zero-order chi connectivity index (χ0) is 17.4. The highest BCUT2D eigenvalue weighted by atomic mass is 32.1. The highest BCUT2D eigenvalue weighted by Gasteiger charge is 2.23. The Morgan fingerprint density at radius 2 is 1.88 bits per heavy atom. The fraction of sp³-hybridized carbons (Fsp3) is 0.278. The normalized spacial score (nSPS) is 12.7. The summed E-state index contributed by atoms with van der Waals surface area (Å²) < 4.78 is 1.30. The lowest BCUT2D eigenvalue weighted by atomic mass is 10.1. The first kappa shape index (κ1) is 16.4. The second-order valence-electron chi connectivity index (χ2n) is 6.01. The van der Waals surface area contributed by atoms with Crippen molar-refractivity contribution >= 4 is 27.5 Å². The summed E-state index contributed by atoms with van der Waals surface area (Å²) in [5.41, 5.74) is 0.723. The van der Waals surface area contributed by atoms with E-state index in [9.17, 15) is 14.7 Å². The molecular weight excluding hydrogens is 324 g/mol. The van der Waals surface area contributed by atoms with E-state index in [1.807, 2.05) is 44.2 Å². The fourth-order valence-corrected chi connectivity index (χ4v) is 3.68. The number of hydrogen-bond acceptors (Lipinski definition) is 4. The van der Waals surface area contributed by atoms with Gasteiger partial charge in [-0.3, -0.25) is 9.36 Å². The number of thiophene rings is 1. The van der Waals surface area contributed by atoms with Crippen molar-refractivity contribution in [1.29, 1.82) is 0 Å². The van der Waals surface area contributed by atoms with Crippen molar-refractivity contribution in [2.75, 3.05) is 0 Å². The van der Waals surface area contributed by atoms with Crippen molar-refractivity contribution in [3.05, 3.63) is 52.6 Å². The molecule has 0 saturated carbocycles. The summed E-state index contributed by atoms with van der Waals surface area (Å²) >= 11 is 1.45. The molecule has 0 spiro atoms. The van der Waals surface area contributed by atoms with E-state index in [1.165, 1.54) is 22.8 Å². The predicted molar refractivity (Wildman–Crippen MR) is 95.8 cm³/mol. The number of aliphatic carboxylic acids is 1. The fourth-order valence-electron chi connectivity index (χ4n) is 2.65. The van der Waals surface area contributed by atoms with E-state index < -0.39 is 12.0 Å². The third kappa shape index (κ3) is 2.73. The number of rotatable bonds is 4. The van der Waals surface area contributed by atoms with Crippen molar-refractivity contribution in [2.45, 2.75) is 32.7 Å². The first-order valence-electron chi connectivity index (χ1n) is 7.74. The van der Waals surface area contributed by atoms with Gasteiger partial charge < -0.3 is 5.11 Å². The van der Waals surface area contributed by atoms with Gasteiger partial charge in [0, 0.05) is 10.8 Å². The molecule has 0 aliphatic rings. The molecule has 1 atom stereocenters. The minimum Gasteiger partial charge on any atom is -0.480 e. The topological polar surface area (TPSA) is 72.2 Å². The number of hydrogen-bond donors (Lipinski definition) is 1. The largest absolute Gasteiger partial charge is 0.480 e. The summed E-state index contributed by atoms with van der Waals surface area (Å²) in [4.78, 5) is 30.5. The predicted octanol–water partition coefficient (Wildman–Crippen LogP) is 3.89. The first-order chi connectivity index (χ1) is 11.4. The molecular formula is C18H18N2O3S. The monoisotopic (exact) mass is 342 g/mol. The summed E-state index contributed by atoms with van der Waals surface area (Å²) in [5.74, 6) is -0.589. The minimum atomic E-state index is -1.04. The summed E-state index contributed by atoms with van der Waals surface area (Å²) in [6.07, 6.45) is 0. The molecule has 2 heterocycles. The molecule has 3 aromatic rings. The Balaban J connectivity index is 2.29. The Hall–Kier alpha value is -2.47. The molecule has 0 aliphatic heterocycles. The van der Waals surface area contributed by atoms with Crippen molar-refractivity contribution in [3.8, 4) is 10.4 Å². The van der Waals surface area contributed by atoms with E-state index in [4.69, 9.17) is 0 Å². The number of nitrogens with zero attached hydrogens (tertiary/aromatic N) is 2. The average molecular weight is 342 g/mol. The van der Waals surface area contributed by atoms with E-state index in [-0.39, 0.29) is 11.5 Å². The van der Waals surface area contributed by atoms with E-state index in [0.717, 1.165) is 10.4 Å². The van der Waals surface area contributed by atoms with E-state index in [0.29, 0.717) is 16.0 Å². The molecule has 0 bridgehead atoms.